The predicted octanol–water partition coefficient (Wildman–Crippen LogP) is 4.61. The summed E-state index contributed by atoms with van der Waals surface area (Å²) in [4.78, 5) is 25.8. The molecule has 31 heavy (non-hydrogen) atoms. The maximum absolute atomic E-state index is 12.9. The van der Waals surface area contributed by atoms with Gasteiger partial charge < -0.3 is 14.2 Å². The molecule has 2 aliphatic rings. The van der Waals surface area contributed by atoms with Gasteiger partial charge in [-0.05, 0) is 49.2 Å². The first-order valence-electron chi connectivity index (χ1n) is 10.3. The SMILES string of the molecule is CC12OC(C)(c3ccccc31)C(OC(=O)c1ccccc1)C2OC(=O)c1ccccc1. The lowest BCUT2D eigenvalue weighted by molar-refractivity contribution is -0.101. The standard InChI is InChI=1S/C26H22O5/c1-25-19-15-9-10-16-20(19)26(2,31-25)22(30-24(28)18-13-7-4-8-14-18)21(25)29-23(27)17-11-5-3-6-12-17/h3-16,21-22H,1-2H3. The highest BCUT2D eigenvalue weighted by Crippen LogP contribution is 2.60. The quantitative estimate of drug-likeness (QED) is 0.584. The van der Waals surface area contributed by atoms with Gasteiger partial charge in [0.2, 0.25) is 0 Å². The highest BCUT2D eigenvalue weighted by molar-refractivity contribution is 5.90. The van der Waals surface area contributed by atoms with Crippen molar-refractivity contribution in [2.75, 3.05) is 0 Å². The van der Waals surface area contributed by atoms with Crippen LogP contribution in [-0.2, 0) is 25.4 Å². The van der Waals surface area contributed by atoms with Gasteiger partial charge in [0.1, 0.15) is 11.2 Å². The van der Waals surface area contributed by atoms with E-state index in [-0.39, 0.29) is 0 Å². The van der Waals surface area contributed by atoms with E-state index < -0.39 is 35.3 Å². The van der Waals surface area contributed by atoms with Gasteiger partial charge in [-0.1, -0.05) is 60.7 Å². The molecule has 156 valence electrons. The van der Waals surface area contributed by atoms with Crippen molar-refractivity contribution < 1.29 is 23.8 Å². The van der Waals surface area contributed by atoms with Gasteiger partial charge in [-0.2, -0.15) is 0 Å². The van der Waals surface area contributed by atoms with Gasteiger partial charge in [0.25, 0.3) is 0 Å². The molecule has 0 aromatic heterocycles. The van der Waals surface area contributed by atoms with E-state index in [1.165, 1.54) is 0 Å². The summed E-state index contributed by atoms with van der Waals surface area (Å²) < 4.78 is 18.4. The number of rotatable bonds is 4. The first-order chi connectivity index (χ1) is 14.9. The molecule has 3 aromatic carbocycles. The Balaban J connectivity index is 1.54. The van der Waals surface area contributed by atoms with E-state index in [0.29, 0.717) is 11.1 Å². The molecule has 0 saturated carbocycles. The third-order valence-electron chi connectivity index (χ3n) is 6.27. The molecule has 1 saturated heterocycles. The molecular weight excluding hydrogens is 392 g/mol. The second kappa shape index (κ2) is 7.06. The van der Waals surface area contributed by atoms with Crippen molar-refractivity contribution in [3.8, 4) is 0 Å². The van der Waals surface area contributed by atoms with Gasteiger partial charge in [-0.3, -0.25) is 0 Å². The minimum Gasteiger partial charge on any atom is -0.451 e. The first kappa shape index (κ1) is 19.5. The van der Waals surface area contributed by atoms with Crippen molar-refractivity contribution in [1.82, 2.24) is 0 Å². The van der Waals surface area contributed by atoms with Gasteiger partial charge in [-0.25, -0.2) is 9.59 Å². The van der Waals surface area contributed by atoms with Crippen LogP contribution in [0.1, 0.15) is 45.7 Å². The monoisotopic (exact) mass is 414 g/mol. The molecule has 3 aromatic rings. The lowest BCUT2D eigenvalue weighted by atomic mass is 9.74. The molecule has 2 aliphatic heterocycles. The van der Waals surface area contributed by atoms with Crippen molar-refractivity contribution in [2.45, 2.75) is 37.3 Å². The van der Waals surface area contributed by atoms with Crippen molar-refractivity contribution in [3.05, 3.63) is 107 Å². The Morgan fingerprint density at radius 2 is 1.00 bits per heavy atom. The topological polar surface area (TPSA) is 61.8 Å². The van der Waals surface area contributed by atoms with Crippen LogP contribution in [0, 0.1) is 0 Å². The summed E-state index contributed by atoms with van der Waals surface area (Å²) in [5.41, 5.74) is 0.876. The third-order valence-corrected chi connectivity index (χ3v) is 6.27. The number of carbonyl (C=O) groups excluding carboxylic acids is 2. The smallest absolute Gasteiger partial charge is 0.338 e. The van der Waals surface area contributed by atoms with Crippen LogP contribution < -0.4 is 0 Å². The molecule has 2 heterocycles. The molecule has 4 unspecified atom stereocenters. The summed E-state index contributed by atoms with van der Waals surface area (Å²) in [6.45, 7) is 3.77. The minimum absolute atomic E-state index is 0.431. The molecule has 0 spiro atoms. The summed E-state index contributed by atoms with van der Waals surface area (Å²) >= 11 is 0. The zero-order valence-electron chi connectivity index (χ0n) is 17.3. The predicted molar refractivity (Wildman–Crippen MR) is 114 cm³/mol. The van der Waals surface area contributed by atoms with E-state index in [1.807, 2.05) is 50.2 Å². The Hall–Kier alpha value is -3.44. The summed E-state index contributed by atoms with van der Waals surface area (Å²) in [5, 5.41) is 0. The maximum Gasteiger partial charge on any atom is 0.338 e. The molecule has 0 N–H and O–H groups in total. The number of benzene rings is 3. The largest absolute Gasteiger partial charge is 0.451 e. The molecule has 5 rings (SSSR count). The molecule has 5 heteroatoms. The summed E-state index contributed by atoms with van der Waals surface area (Å²) in [7, 11) is 0. The number of esters is 2. The van der Waals surface area contributed by atoms with E-state index in [4.69, 9.17) is 14.2 Å². The zero-order valence-corrected chi connectivity index (χ0v) is 17.3. The molecule has 0 radical (unpaired) electrons. The summed E-state index contributed by atoms with van der Waals surface area (Å²) in [6, 6.07) is 25.4. The van der Waals surface area contributed by atoms with E-state index in [0.717, 1.165) is 11.1 Å². The Labute approximate surface area is 180 Å². The maximum atomic E-state index is 12.9. The van der Waals surface area contributed by atoms with Gasteiger partial charge in [0, 0.05) is 0 Å². The van der Waals surface area contributed by atoms with E-state index in [2.05, 4.69) is 0 Å². The lowest BCUT2D eigenvalue weighted by Crippen LogP contribution is -2.50. The number of carbonyl (C=O) groups is 2. The van der Waals surface area contributed by atoms with Gasteiger partial charge in [-0.15, -0.1) is 0 Å². The fourth-order valence-corrected chi connectivity index (χ4v) is 4.76. The van der Waals surface area contributed by atoms with Gasteiger partial charge in [0.05, 0.1) is 11.1 Å². The number of fused-ring (bicyclic) bond motifs is 5. The number of hydrogen-bond acceptors (Lipinski definition) is 5. The second-order valence-electron chi connectivity index (χ2n) is 8.25. The third kappa shape index (κ3) is 2.96. The second-order valence-corrected chi connectivity index (χ2v) is 8.25. The lowest BCUT2D eigenvalue weighted by Gasteiger charge is -2.36. The van der Waals surface area contributed by atoms with Crippen LogP contribution in [0.2, 0.25) is 0 Å². The molecule has 5 nitrogen and oxygen atoms in total. The Kier molecular flexibility index (Phi) is 4.45. The van der Waals surface area contributed by atoms with E-state index in [9.17, 15) is 9.59 Å². The normalized spacial score (nSPS) is 28.1. The molecule has 0 amide bonds. The number of hydrogen-bond donors (Lipinski definition) is 0. The van der Waals surface area contributed by atoms with Crippen LogP contribution in [0.25, 0.3) is 0 Å². The van der Waals surface area contributed by atoms with Crippen molar-refractivity contribution in [2.24, 2.45) is 0 Å². The van der Waals surface area contributed by atoms with Crippen LogP contribution in [0.3, 0.4) is 0 Å². The number of ether oxygens (including phenoxy) is 3. The Morgan fingerprint density at radius 3 is 1.39 bits per heavy atom. The van der Waals surface area contributed by atoms with Crippen LogP contribution in [0.5, 0.6) is 0 Å². The molecular formula is C26H22O5. The zero-order chi connectivity index (χ0) is 21.6. The molecule has 1 fully saturated rings. The van der Waals surface area contributed by atoms with Crippen molar-refractivity contribution >= 4 is 11.9 Å². The first-order valence-corrected chi connectivity index (χ1v) is 10.3. The molecule has 0 aliphatic carbocycles. The molecule has 2 bridgehead atoms. The minimum atomic E-state index is -0.933. The van der Waals surface area contributed by atoms with Crippen molar-refractivity contribution in [3.63, 3.8) is 0 Å². The van der Waals surface area contributed by atoms with E-state index in [1.54, 1.807) is 48.5 Å². The van der Waals surface area contributed by atoms with Crippen LogP contribution in [-0.4, -0.2) is 24.1 Å². The Morgan fingerprint density at radius 1 is 0.645 bits per heavy atom. The fraction of sp³-hybridized carbons (Fsp3) is 0.231. The van der Waals surface area contributed by atoms with Crippen LogP contribution in [0.4, 0.5) is 0 Å². The van der Waals surface area contributed by atoms with Crippen LogP contribution in [0.15, 0.2) is 84.9 Å². The van der Waals surface area contributed by atoms with E-state index >= 15 is 0 Å². The highest BCUT2D eigenvalue weighted by Gasteiger charge is 2.69. The summed E-state index contributed by atoms with van der Waals surface area (Å²) in [5.74, 6) is -0.963. The Bertz CT molecular complexity index is 1050. The highest BCUT2D eigenvalue weighted by atomic mass is 16.7. The average molecular weight is 414 g/mol. The fourth-order valence-electron chi connectivity index (χ4n) is 4.76. The van der Waals surface area contributed by atoms with Crippen LogP contribution >= 0.6 is 0 Å². The molecule has 4 atom stereocenters. The van der Waals surface area contributed by atoms with Crippen molar-refractivity contribution in [1.29, 1.82) is 0 Å². The van der Waals surface area contributed by atoms with Gasteiger partial charge in [0.15, 0.2) is 12.2 Å². The van der Waals surface area contributed by atoms with Gasteiger partial charge >= 0.3 is 11.9 Å². The average Bonchev–Trinajstić information content (AvgIpc) is 3.17. The summed E-state index contributed by atoms with van der Waals surface area (Å²) in [6.07, 6.45) is -1.60.